The summed E-state index contributed by atoms with van der Waals surface area (Å²) in [6, 6.07) is 66.8. The number of pyridine rings is 4. The minimum Gasteiger partial charge on any atom is -0.307 e. The van der Waals surface area contributed by atoms with Gasteiger partial charge in [-0.05, 0) is 78.4 Å². The van der Waals surface area contributed by atoms with Crippen LogP contribution in [-0.4, -0.2) is 29.1 Å². The van der Waals surface area contributed by atoms with E-state index in [0.29, 0.717) is 0 Å². The quantitative estimate of drug-likeness (QED) is 0.174. The lowest BCUT2D eigenvalue weighted by molar-refractivity contribution is 1.14. The van der Waals surface area contributed by atoms with Gasteiger partial charge in [-0.25, -0.2) is 4.98 Å². The van der Waals surface area contributed by atoms with E-state index in [9.17, 15) is 0 Å². The predicted octanol–water partition coefficient (Wildman–Crippen LogP) is 13.9. The number of aromatic nitrogens is 6. The molecule has 0 radical (unpaired) electrons. The van der Waals surface area contributed by atoms with E-state index < -0.39 is 0 Å². The van der Waals surface area contributed by atoms with Crippen LogP contribution >= 0.6 is 0 Å². The van der Waals surface area contributed by atoms with Crippen molar-refractivity contribution in [3.63, 3.8) is 0 Å². The summed E-state index contributed by atoms with van der Waals surface area (Å²) in [5.74, 6) is 0. The number of nitrogens with zero attached hydrogens (tertiary/aromatic N) is 6. The molecule has 0 fully saturated rings. The Morgan fingerprint density at radius 1 is 0.306 bits per heavy atom. The van der Waals surface area contributed by atoms with Gasteiger partial charge in [-0.15, -0.1) is 0 Å². The zero-order valence-electron chi connectivity index (χ0n) is 33.3. The van der Waals surface area contributed by atoms with Crippen LogP contribution < -0.4 is 0 Å². The fraction of sp³-hybridized carbons (Fsp3) is 0. The van der Waals surface area contributed by atoms with Gasteiger partial charge in [0.2, 0.25) is 0 Å². The number of fused-ring (bicyclic) bond motifs is 10. The molecule has 288 valence electrons. The van der Waals surface area contributed by atoms with Gasteiger partial charge in [0.15, 0.2) is 0 Å². The second-order valence-electron chi connectivity index (χ2n) is 16.0. The lowest BCUT2D eigenvalue weighted by Gasteiger charge is -2.16. The fourth-order valence-corrected chi connectivity index (χ4v) is 9.45. The van der Waals surface area contributed by atoms with Crippen molar-refractivity contribution in [2.75, 3.05) is 0 Å². The number of hydrogen-bond donors (Lipinski definition) is 0. The summed E-state index contributed by atoms with van der Waals surface area (Å²) in [5, 5.41) is 7.98. The Kier molecular flexibility index (Phi) is 7.50. The Labute approximate surface area is 355 Å². The monoisotopic (exact) mass is 790 g/mol. The maximum absolute atomic E-state index is 5.37. The van der Waals surface area contributed by atoms with E-state index in [1.54, 1.807) is 0 Å². The second kappa shape index (κ2) is 13.5. The summed E-state index contributed by atoms with van der Waals surface area (Å²) in [7, 11) is 0. The Bertz CT molecular complexity index is 3850. The van der Waals surface area contributed by atoms with Crippen molar-refractivity contribution in [3.05, 3.63) is 207 Å². The fourth-order valence-electron chi connectivity index (χ4n) is 9.45. The van der Waals surface area contributed by atoms with Gasteiger partial charge < -0.3 is 9.13 Å². The summed E-state index contributed by atoms with van der Waals surface area (Å²) in [6.07, 6.45) is 5.87. The molecule has 0 bridgehead atoms. The zero-order chi connectivity index (χ0) is 40.7. The minimum absolute atomic E-state index is 0.833. The number of rotatable bonds is 5. The smallest absolute Gasteiger partial charge is 0.0788 e. The third-order valence-electron chi connectivity index (χ3n) is 12.3. The van der Waals surface area contributed by atoms with Crippen LogP contribution in [0.25, 0.3) is 121 Å². The molecule has 0 atom stereocenters. The van der Waals surface area contributed by atoms with E-state index in [4.69, 9.17) is 19.9 Å². The van der Waals surface area contributed by atoms with Crippen molar-refractivity contribution in [2.24, 2.45) is 0 Å². The van der Waals surface area contributed by atoms with Crippen LogP contribution in [0.3, 0.4) is 0 Å². The van der Waals surface area contributed by atoms with E-state index in [-0.39, 0.29) is 0 Å². The molecule has 0 spiro atoms. The van der Waals surface area contributed by atoms with Gasteiger partial charge >= 0.3 is 0 Å². The van der Waals surface area contributed by atoms with Crippen molar-refractivity contribution in [2.45, 2.75) is 0 Å². The van der Waals surface area contributed by atoms with E-state index in [0.717, 1.165) is 99.8 Å². The maximum Gasteiger partial charge on any atom is 0.0788 e. The van der Waals surface area contributed by atoms with Gasteiger partial charge in [0, 0.05) is 78.7 Å². The van der Waals surface area contributed by atoms with Gasteiger partial charge in [-0.1, -0.05) is 115 Å². The summed E-state index contributed by atoms with van der Waals surface area (Å²) in [4.78, 5) is 20.0. The van der Waals surface area contributed by atoms with Crippen LogP contribution in [0, 0.1) is 0 Å². The average Bonchev–Trinajstić information content (AvgIpc) is 3.87. The van der Waals surface area contributed by atoms with E-state index in [2.05, 4.69) is 167 Å². The summed E-state index contributed by atoms with van der Waals surface area (Å²) < 4.78 is 4.89. The van der Waals surface area contributed by atoms with Crippen LogP contribution in [-0.2, 0) is 0 Å². The molecule has 0 unspecified atom stereocenters. The van der Waals surface area contributed by atoms with Crippen molar-refractivity contribution >= 4 is 76.3 Å². The first-order valence-electron chi connectivity index (χ1n) is 20.9. The summed E-state index contributed by atoms with van der Waals surface area (Å²) in [6.45, 7) is 0. The molecular formula is C56H34N6. The standard InChI is InChI=1S/C56H34N6/c1-6-19-48-36(12-1)26-39(32-57-48)35-15-11-16-42(29-35)61-53-22-9-4-17-44(53)46-24-25-47-45-18-5-10-23-54(45)62(56(47)55(46)61)43-30-51(40-27-37-13-2-7-20-49(37)58-33-40)60-52(31-43)41-28-38-14-3-8-21-50(38)59-34-41/h1-34H. The van der Waals surface area contributed by atoms with Gasteiger partial charge in [-0.3, -0.25) is 15.0 Å². The molecule has 6 aromatic heterocycles. The number of hydrogen-bond acceptors (Lipinski definition) is 4. The molecule has 0 aliphatic heterocycles. The van der Waals surface area contributed by atoms with E-state index in [1.165, 1.54) is 21.5 Å². The molecule has 62 heavy (non-hydrogen) atoms. The zero-order valence-corrected chi connectivity index (χ0v) is 33.3. The van der Waals surface area contributed by atoms with Crippen molar-refractivity contribution < 1.29 is 0 Å². The lowest BCUT2D eigenvalue weighted by atomic mass is 10.0. The molecule has 0 aliphatic rings. The molecule has 6 heteroatoms. The Balaban J connectivity index is 1.12. The second-order valence-corrected chi connectivity index (χ2v) is 16.0. The normalized spacial score (nSPS) is 11.9. The van der Waals surface area contributed by atoms with Gasteiger partial charge in [0.1, 0.15) is 0 Å². The van der Waals surface area contributed by atoms with Crippen molar-refractivity contribution in [3.8, 4) is 45.0 Å². The van der Waals surface area contributed by atoms with E-state index in [1.807, 2.05) is 48.9 Å². The molecule has 13 rings (SSSR count). The highest BCUT2D eigenvalue weighted by Gasteiger charge is 2.22. The van der Waals surface area contributed by atoms with Gasteiger partial charge in [-0.2, -0.15) is 0 Å². The third kappa shape index (κ3) is 5.37. The molecule has 6 nitrogen and oxygen atoms in total. The molecular weight excluding hydrogens is 757 g/mol. The van der Waals surface area contributed by atoms with Gasteiger partial charge in [0.25, 0.3) is 0 Å². The molecule has 0 aliphatic carbocycles. The van der Waals surface area contributed by atoms with Crippen LogP contribution in [0.15, 0.2) is 207 Å². The molecule has 13 aromatic rings. The maximum atomic E-state index is 5.37. The Morgan fingerprint density at radius 3 is 1.31 bits per heavy atom. The highest BCUT2D eigenvalue weighted by molar-refractivity contribution is 6.24. The summed E-state index contributed by atoms with van der Waals surface area (Å²) in [5.41, 5.74) is 15.2. The van der Waals surface area contributed by atoms with Crippen LogP contribution in [0.4, 0.5) is 0 Å². The van der Waals surface area contributed by atoms with E-state index >= 15 is 0 Å². The Morgan fingerprint density at radius 2 is 0.758 bits per heavy atom. The average molecular weight is 791 g/mol. The highest BCUT2D eigenvalue weighted by atomic mass is 15.0. The van der Waals surface area contributed by atoms with Crippen LogP contribution in [0.5, 0.6) is 0 Å². The molecule has 0 N–H and O–H groups in total. The van der Waals surface area contributed by atoms with Crippen molar-refractivity contribution in [1.82, 2.24) is 29.1 Å². The van der Waals surface area contributed by atoms with Crippen molar-refractivity contribution in [1.29, 1.82) is 0 Å². The first kappa shape index (κ1) is 34.4. The topological polar surface area (TPSA) is 61.4 Å². The molecule has 0 amide bonds. The SMILES string of the molecule is c1cc(-c2cnc3ccccc3c2)cc(-n2c3ccccc3c3ccc4c5ccccc5n(-c5cc(-c6cnc7ccccc7c6)nc(-c6cnc7ccccc7c6)c5)c4c32)c1. The van der Waals surface area contributed by atoms with Crippen LogP contribution in [0.2, 0.25) is 0 Å². The third-order valence-corrected chi connectivity index (χ3v) is 12.3. The Hall–Kier alpha value is -8.48. The molecule has 0 saturated heterocycles. The first-order chi connectivity index (χ1) is 30.7. The lowest BCUT2D eigenvalue weighted by Crippen LogP contribution is -2.01. The number of benzene rings is 7. The summed E-state index contributed by atoms with van der Waals surface area (Å²) >= 11 is 0. The molecule has 0 saturated carbocycles. The minimum atomic E-state index is 0.833. The molecule has 6 heterocycles. The predicted molar refractivity (Wildman–Crippen MR) is 255 cm³/mol. The highest BCUT2D eigenvalue weighted by Crippen LogP contribution is 2.43. The van der Waals surface area contributed by atoms with Gasteiger partial charge in [0.05, 0.1) is 55.7 Å². The first-order valence-corrected chi connectivity index (χ1v) is 20.9. The molecule has 7 aromatic carbocycles. The number of para-hydroxylation sites is 5. The largest absolute Gasteiger partial charge is 0.307 e. The van der Waals surface area contributed by atoms with Crippen LogP contribution in [0.1, 0.15) is 0 Å².